The van der Waals surface area contributed by atoms with Gasteiger partial charge in [-0.05, 0) is 31.1 Å². The second-order valence-electron chi connectivity index (χ2n) is 3.32. The first kappa shape index (κ1) is 8.81. The lowest BCUT2D eigenvalue weighted by Crippen LogP contribution is -2.21. The zero-order chi connectivity index (χ0) is 9.26. The molecule has 1 aliphatic rings. The van der Waals surface area contributed by atoms with Gasteiger partial charge in [0, 0.05) is 5.56 Å². The predicted octanol–water partition coefficient (Wildman–Crippen LogP) is 1.76. The van der Waals surface area contributed by atoms with Crippen LogP contribution in [0.5, 0.6) is 0 Å². The SMILES string of the molecule is CSc1cc(C2CCC2)c(=O)[nH]n1. The first-order valence-corrected chi connectivity index (χ1v) is 5.67. The summed E-state index contributed by atoms with van der Waals surface area (Å²) in [5, 5.41) is 7.37. The molecule has 13 heavy (non-hydrogen) atoms. The summed E-state index contributed by atoms with van der Waals surface area (Å²) >= 11 is 1.56. The second-order valence-corrected chi connectivity index (χ2v) is 4.15. The van der Waals surface area contributed by atoms with Crippen LogP contribution in [0.25, 0.3) is 0 Å². The fourth-order valence-corrected chi connectivity index (χ4v) is 1.91. The number of aromatic amines is 1. The summed E-state index contributed by atoms with van der Waals surface area (Å²) in [5.41, 5.74) is 0.910. The van der Waals surface area contributed by atoms with Gasteiger partial charge in [-0.25, -0.2) is 5.10 Å². The van der Waals surface area contributed by atoms with E-state index in [-0.39, 0.29) is 5.56 Å². The van der Waals surface area contributed by atoms with E-state index in [9.17, 15) is 4.79 Å². The monoisotopic (exact) mass is 196 g/mol. The lowest BCUT2D eigenvalue weighted by molar-refractivity contribution is 0.414. The number of hydrogen-bond donors (Lipinski definition) is 1. The van der Waals surface area contributed by atoms with Crippen LogP contribution in [0, 0.1) is 0 Å². The van der Waals surface area contributed by atoms with E-state index in [4.69, 9.17) is 0 Å². The summed E-state index contributed by atoms with van der Waals surface area (Å²) < 4.78 is 0. The Hall–Kier alpha value is -0.770. The Bertz CT molecular complexity index is 357. The highest BCUT2D eigenvalue weighted by Crippen LogP contribution is 2.34. The molecule has 0 radical (unpaired) electrons. The molecule has 0 saturated heterocycles. The van der Waals surface area contributed by atoms with Gasteiger partial charge in [-0.3, -0.25) is 4.79 Å². The van der Waals surface area contributed by atoms with Crippen LogP contribution in [-0.2, 0) is 0 Å². The fourth-order valence-electron chi connectivity index (χ4n) is 1.53. The molecule has 1 heterocycles. The smallest absolute Gasteiger partial charge is 0.267 e. The third kappa shape index (κ3) is 1.63. The second kappa shape index (κ2) is 3.54. The van der Waals surface area contributed by atoms with E-state index >= 15 is 0 Å². The fraction of sp³-hybridized carbons (Fsp3) is 0.556. The van der Waals surface area contributed by atoms with Crippen molar-refractivity contribution in [1.29, 1.82) is 0 Å². The van der Waals surface area contributed by atoms with Crippen LogP contribution in [0.2, 0.25) is 0 Å². The highest BCUT2D eigenvalue weighted by molar-refractivity contribution is 7.98. The number of nitrogens with zero attached hydrogens (tertiary/aromatic N) is 1. The Kier molecular flexibility index (Phi) is 2.40. The van der Waals surface area contributed by atoms with Crippen molar-refractivity contribution >= 4 is 11.8 Å². The molecule has 70 valence electrons. The molecule has 0 spiro atoms. The van der Waals surface area contributed by atoms with Crippen molar-refractivity contribution in [1.82, 2.24) is 10.2 Å². The van der Waals surface area contributed by atoms with Crippen LogP contribution in [0.1, 0.15) is 30.7 Å². The van der Waals surface area contributed by atoms with Crippen molar-refractivity contribution in [2.24, 2.45) is 0 Å². The van der Waals surface area contributed by atoms with Crippen molar-refractivity contribution in [2.45, 2.75) is 30.2 Å². The summed E-state index contributed by atoms with van der Waals surface area (Å²) in [7, 11) is 0. The summed E-state index contributed by atoms with van der Waals surface area (Å²) in [6, 6.07) is 1.92. The van der Waals surface area contributed by atoms with E-state index in [0.29, 0.717) is 5.92 Å². The van der Waals surface area contributed by atoms with Crippen LogP contribution in [0.4, 0.5) is 0 Å². The molecular weight excluding hydrogens is 184 g/mol. The Morgan fingerprint density at radius 1 is 1.62 bits per heavy atom. The minimum Gasteiger partial charge on any atom is -0.268 e. The summed E-state index contributed by atoms with van der Waals surface area (Å²) in [4.78, 5) is 11.4. The van der Waals surface area contributed by atoms with E-state index in [1.165, 1.54) is 6.42 Å². The molecule has 1 aromatic rings. The Balaban J connectivity index is 2.36. The normalized spacial score (nSPS) is 17.0. The van der Waals surface area contributed by atoms with Crippen molar-refractivity contribution in [3.63, 3.8) is 0 Å². The highest BCUT2D eigenvalue weighted by Gasteiger charge is 2.22. The van der Waals surface area contributed by atoms with Gasteiger partial charge >= 0.3 is 0 Å². The third-order valence-corrected chi connectivity index (χ3v) is 3.19. The standard InChI is InChI=1S/C9H12N2OS/c1-13-8-5-7(6-3-2-4-6)9(12)11-10-8/h5-6H,2-4H2,1H3,(H,11,12). The molecule has 0 atom stereocenters. The Labute approximate surface area is 80.9 Å². The quantitative estimate of drug-likeness (QED) is 0.733. The summed E-state index contributed by atoms with van der Waals surface area (Å²) in [6.45, 7) is 0. The van der Waals surface area contributed by atoms with E-state index in [1.807, 2.05) is 12.3 Å². The maximum absolute atomic E-state index is 11.4. The molecule has 2 rings (SSSR count). The Morgan fingerprint density at radius 2 is 2.38 bits per heavy atom. The van der Waals surface area contributed by atoms with Crippen LogP contribution in [-0.4, -0.2) is 16.5 Å². The third-order valence-electron chi connectivity index (χ3n) is 2.56. The summed E-state index contributed by atoms with van der Waals surface area (Å²) in [5.74, 6) is 0.484. The van der Waals surface area contributed by atoms with E-state index < -0.39 is 0 Å². The molecule has 1 N–H and O–H groups in total. The molecule has 1 saturated carbocycles. The van der Waals surface area contributed by atoms with Gasteiger partial charge < -0.3 is 0 Å². The van der Waals surface area contributed by atoms with Crippen LogP contribution in [0.3, 0.4) is 0 Å². The molecule has 0 aromatic carbocycles. The topological polar surface area (TPSA) is 45.8 Å². The van der Waals surface area contributed by atoms with Crippen molar-refractivity contribution < 1.29 is 0 Å². The van der Waals surface area contributed by atoms with Crippen LogP contribution in [0.15, 0.2) is 15.9 Å². The molecule has 1 fully saturated rings. The molecule has 0 bridgehead atoms. The lowest BCUT2D eigenvalue weighted by Gasteiger charge is -2.24. The van der Waals surface area contributed by atoms with Gasteiger partial charge in [0.15, 0.2) is 0 Å². The highest BCUT2D eigenvalue weighted by atomic mass is 32.2. The number of thioether (sulfide) groups is 1. The van der Waals surface area contributed by atoms with Gasteiger partial charge in [0.05, 0.1) is 0 Å². The van der Waals surface area contributed by atoms with Gasteiger partial charge in [-0.2, -0.15) is 5.10 Å². The minimum absolute atomic E-state index is 0.0116. The van der Waals surface area contributed by atoms with Crippen LogP contribution >= 0.6 is 11.8 Å². The molecule has 0 aliphatic heterocycles. The number of rotatable bonds is 2. The molecule has 4 heteroatoms. The van der Waals surface area contributed by atoms with Crippen molar-refractivity contribution in [3.8, 4) is 0 Å². The zero-order valence-electron chi connectivity index (χ0n) is 7.54. The maximum atomic E-state index is 11.4. The first-order chi connectivity index (χ1) is 6.31. The predicted molar refractivity (Wildman–Crippen MR) is 53.2 cm³/mol. The molecular formula is C9H12N2OS. The van der Waals surface area contributed by atoms with Crippen molar-refractivity contribution in [3.05, 3.63) is 22.0 Å². The summed E-state index contributed by atoms with van der Waals surface area (Å²) in [6.07, 6.45) is 5.52. The molecule has 1 aromatic heterocycles. The Morgan fingerprint density at radius 3 is 2.92 bits per heavy atom. The first-order valence-electron chi connectivity index (χ1n) is 4.45. The average Bonchev–Trinajstić information content (AvgIpc) is 2.06. The number of aromatic nitrogens is 2. The van der Waals surface area contributed by atoms with E-state index in [2.05, 4.69) is 10.2 Å². The van der Waals surface area contributed by atoms with Gasteiger partial charge in [0.2, 0.25) is 0 Å². The van der Waals surface area contributed by atoms with Gasteiger partial charge in [0.25, 0.3) is 5.56 Å². The van der Waals surface area contributed by atoms with Gasteiger partial charge in [-0.1, -0.05) is 6.42 Å². The molecule has 0 unspecified atom stereocenters. The number of hydrogen-bond acceptors (Lipinski definition) is 3. The average molecular weight is 196 g/mol. The molecule has 3 nitrogen and oxygen atoms in total. The maximum Gasteiger partial charge on any atom is 0.267 e. The molecule has 0 amide bonds. The van der Waals surface area contributed by atoms with E-state index in [1.54, 1.807) is 11.8 Å². The zero-order valence-corrected chi connectivity index (χ0v) is 8.36. The van der Waals surface area contributed by atoms with Crippen LogP contribution < -0.4 is 5.56 Å². The molecule has 1 aliphatic carbocycles. The minimum atomic E-state index is -0.0116. The van der Waals surface area contributed by atoms with Gasteiger partial charge in [-0.15, -0.1) is 11.8 Å². The van der Waals surface area contributed by atoms with Crippen molar-refractivity contribution in [2.75, 3.05) is 6.26 Å². The largest absolute Gasteiger partial charge is 0.268 e. The number of nitrogens with one attached hydrogen (secondary N) is 1. The number of H-pyrrole nitrogens is 1. The van der Waals surface area contributed by atoms with Gasteiger partial charge in [0.1, 0.15) is 5.03 Å². The lowest BCUT2D eigenvalue weighted by atomic mass is 9.81. The van der Waals surface area contributed by atoms with E-state index in [0.717, 1.165) is 23.4 Å².